The van der Waals surface area contributed by atoms with Crippen LogP contribution in [0.1, 0.15) is 99.5 Å². The summed E-state index contributed by atoms with van der Waals surface area (Å²) in [5, 5.41) is 13.3. The van der Waals surface area contributed by atoms with Gasteiger partial charge in [-0.15, -0.1) is 0 Å². The number of allylic oxidation sites excluding steroid dienone is 2. The third-order valence-electron chi connectivity index (χ3n) is 8.89. The number of benzene rings is 2. The topological polar surface area (TPSA) is 101 Å². The van der Waals surface area contributed by atoms with Crippen molar-refractivity contribution in [1.29, 1.82) is 5.26 Å². The molecule has 1 N–H and O–H groups in total. The molecule has 1 amide bonds. The first-order chi connectivity index (χ1) is 20.8. The summed E-state index contributed by atoms with van der Waals surface area (Å²) < 4.78 is 13.0. The van der Waals surface area contributed by atoms with Crippen LogP contribution in [-0.4, -0.2) is 30.1 Å². The Bertz CT molecular complexity index is 1480. The molecule has 226 valence electrons. The molecule has 43 heavy (non-hydrogen) atoms. The fraction of sp³-hybridized carbons (Fsp3) is 0.486. The summed E-state index contributed by atoms with van der Waals surface area (Å²) in [6.07, 6.45) is 7.79. The lowest BCUT2D eigenvalue weighted by Crippen LogP contribution is -2.36. The standard InChI is InChI=1S/C35H40BrN3O4/c1-4-22-15-29-33(30(40)16-22)32(27(19-37)21(3)38-29)25-17-28(36)34(31(18-25)42-5-2)43-20-23-10-9-11-24(14-23)35(41)39-26-12-7-6-8-13-26/h9-11,14,17-18,22,26-27,32H,4-8,12-13,15-16,20H2,1-3H3,(H,39,41). The molecular formula is C35H40BrN3O4. The molecule has 2 aliphatic carbocycles. The van der Waals surface area contributed by atoms with Crippen LogP contribution in [-0.2, 0) is 11.4 Å². The van der Waals surface area contributed by atoms with Crippen LogP contribution < -0.4 is 14.8 Å². The van der Waals surface area contributed by atoms with Gasteiger partial charge in [0, 0.05) is 40.9 Å². The van der Waals surface area contributed by atoms with Crippen molar-refractivity contribution in [3.63, 3.8) is 0 Å². The average molecular weight is 647 g/mol. The number of nitrogens with zero attached hydrogens (tertiary/aromatic N) is 2. The van der Waals surface area contributed by atoms with Gasteiger partial charge in [-0.3, -0.25) is 14.6 Å². The third-order valence-corrected chi connectivity index (χ3v) is 9.48. The van der Waals surface area contributed by atoms with Crippen molar-refractivity contribution in [2.24, 2.45) is 16.8 Å². The molecule has 7 nitrogen and oxygen atoms in total. The van der Waals surface area contributed by atoms with Crippen LogP contribution in [0, 0.1) is 23.2 Å². The largest absolute Gasteiger partial charge is 0.490 e. The second-order valence-electron chi connectivity index (χ2n) is 11.9. The van der Waals surface area contributed by atoms with Gasteiger partial charge in [0.25, 0.3) is 5.91 Å². The predicted molar refractivity (Wildman–Crippen MR) is 170 cm³/mol. The van der Waals surface area contributed by atoms with Crippen molar-refractivity contribution >= 4 is 33.3 Å². The number of hydrogen-bond acceptors (Lipinski definition) is 6. The molecule has 5 rings (SSSR count). The van der Waals surface area contributed by atoms with Crippen molar-refractivity contribution in [1.82, 2.24) is 5.32 Å². The molecule has 1 fully saturated rings. The van der Waals surface area contributed by atoms with E-state index in [9.17, 15) is 14.9 Å². The van der Waals surface area contributed by atoms with Gasteiger partial charge in [0.05, 0.1) is 23.1 Å². The monoisotopic (exact) mass is 645 g/mol. The number of nitrogens with one attached hydrogen (secondary N) is 1. The first kappa shape index (κ1) is 31.0. The van der Waals surface area contributed by atoms with Gasteiger partial charge in [-0.25, -0.2) is 0 Å². The number of halogens is 1. The molecule has 1 heterocycles. The number of carbonyl (C=O) groups is 2. The van der Waals surface area contributed by atoms with Gasteiger partial charge in [-0.05, 0) is 90.4 Å². The Labute approximate surface area is 262 Å². The molecule has 0 saturated heterocycles. The Morgan fingerprint density at radius 3 is 2.63 bits per heavy atom. The smallest absolute Gasteiger partial charge is 0.251 e. The van der Waals surface area contributed by atoms with Crippen LogP contribution in [0.2, 0.25) is 0 Å². The van der Waals surface area contributed by atoms with Gasteiger partial charge in [-0.2, -0.15) is 5.26 Å². The molecule has 3 atom stereocenters. The maximum absolute atomic E-state index is 13.4. The Balaban J connectivity index is 1.40. The van der Waals surface area contributed by atoms with E-state index in [1.54, 1.807) is 0 Å². The minimum atomic E-state index is -0.545. The Kier molecular flexibility index (Phi) is 10.0. The number of aliphatic imine (C=N–C) groups is 1. The minimum Gasteiger partial charge on any atom is -0.490 e. The fourth-order valence-electron chi connectivity index (χ4n) is 6.60. The number of amides is 1. The summed E-state index contributed by atoms with van der Waals surface area (Å²) in [5.74, 6) is 0.406. The first-order valence-electron chi connectivity index (χ1n) is 15.5. The van der Waals surface area contributed by atoms with Gasteiger partial charge in [0.15, 0.2) is 17.3 Å². The number of Topliss-reactive ketones (excluding diaryl/α,β-unsaturated/α-hetero) is 1. The molecule has 0 aromatic heterocycles. The lowest BCUT2D eigenvalue weighted by atomic mass is 9.70. The van der Waals surface area contributed by atoms with Crippen molar-refractivity contribution in [3.8, 4) is 17.6 Å². The number of ether oxygens (including phenoxy) is 2. The normalized spacial score (nSPS) is 22.3. The van der Waals surface area contributed by atoms with Crippen molar-refractivity contribution in [3.05, 3.63) is 68.8 Å². The molecule has 3 aliphatic rings. The summed E-state index contributed by atoms with van der Waals surface area (Å²) in [4.78, 5) is 31.1. The average Bonchev–Trinajstić information content (AvgIpc) is 3.00. The molecular weight excluding hydrogens is 606 g/mol. The van der Waals surface area contributed by atoms with Crippen LogP contribution in [0.4, 0.5) is 0 Å². The van der Waals surface area contributed by atoms with Gasteiger partial charge < -0.3 is 14.8 Å². The number of hydrogen-bond donors (Lipinski definition) is 1. The minimum absolute atomic E-state index is 0.0520. The maximum atomic E-state index is 13.4. The highest BCUT2D eigenvalue weighted by atomic mass is 79.9. The van der Waals surface area contributed by atoms with Crippen molar-refractivity contribution in [2.45, 2.75) is 90.7 Å². The summed E-state index contributed by atoms with van der Waals surface area (Å²) in [6.45, 7) is 6.55. The van der Waals surface area contributed by atoms with Crippen LogP contribution in [0.3, 0.4) is 0 Å². The van der Waals surface area contributed by atoms with E-state index >= 15 is 0 Å². The van der Waals surface area contributed by atoms with Crippen LogP contribution in [0.25, 0.3) is 0 Å². The van der Waals surface area contributed by atoms with Crippen molar-refractivity contribution in [2.75, 3.05) is 6.61 Å². The Morgan fingerprint density at radius 2 is 1.91 bits per heavy atom. The molecule has 1 saturated carbocycles. The quantitative estimate of drug-likeness (QED) is 0.299. The molecule has 0 spiro atoms. The van der Waals surface area contributed by atoms with Crippen LogP contribution in [0.5, 0.6) is 11.5 Å². The molecule has 2 aromatic rings. The summed E-state index contributed by atoms with van der Waals surface area (Å²) in [7, 11) is 0. The number of rotatable bonds is 9. The summed E-state index contributed by atoms with van der Waals surface area (Å²) >= 11 is 3.70. The van der Waals surface area contributed by atoms with E-state index in [0.29, 0.717) is 40.1 Å². The van der Waals surface area contributed by atoms with E-state index in [4.69, 9.17) is 14.5 Å². The van der Waals surface area contributed by atoms with Gasteiger partial charge in [0.1, 0.15) is 6.61 Å². The van der Waals surface area contributed by atoms with E-state index in [2.05, 4.69) is 34.2 Å². The molecule has 8 heteroatoms. The lowest BCUT2D eigenvalue weighted by molar-refractivity contribution is -0.117. The molecule has 1 aliphatic heterocycles. The zero-order valence-electron chi connectivity index (χ0n) is 25.2. The predicted octanol–water partition coefficient (Wildman–Crippen LogP) is 7.83. The number of carbonyl (C=O) groups excluding carboxylic acids is 2. The zero-order valence-corrected chi connectivity index (χ0v) is 26.8. The SMILES string of the molecule is CCOc1cc(C2C3=C(CC(CC)CC3=O)N=C(C)C2C#N)cc(Br)c1OCc1cccc(C(=O)NC2CCCCC2)c1. The summed E-state index contributed by atoms with van der Waals surface area (Å²) in [6, 6.07) is 14.0. The van der Waals surface area contributed by atoms with Gasteiger partial charge in [0.2, 0.25) is 0 Å². The van der Waals surface area contributed by atoms with E-state index in [-0.39, 0.29) is 30.3 Å². The van der Waals surface area contributed by atoms with Crippen LogP contribution >= 0.6 is 15.9 Å². The van der Waals surface area contributed by atoms with E-state index in [1.165, 1.54) is 6.42 Å². The molecule has 2 aromatic carbocycles. The highest BCUT2D eigenvalue weighted by molar-refractivity contribution is 9.10. The first-order valence-corrected chi connectivity index (χ1v) is 16.3. The fourth-order valence-corrected chi connectivity index (χ4v) is 7.17. The highest BCUT2D eigenvalue weighted by Gasteiger charge is 2.41. The van der Waals surface area contributed by atoms with Gasteiger partial charge in [-0.1, -0.05) is 44.7 Å². The lowest BCUT2D eigenvalue weighted by Gasteiger charge is -2.35. The van der Waals surface area contributed by atoms with Gasteiger partial charge >= 0.3 is 0 Å². The van der Waals surface area contributed by atoms with E-state index < -0.39 is 11.8 Å². The highest BCUT2D eigenvalue weighted by Crippen LogP contribution is 2.48. The molecule has 3 unspecified atom stereocenters. The molecule has 0 bridgehead atoms. The second kappa shape index (κ2) is 13.9. The molecule has 0 radical (unpaired) electrons. The van der Waals surface area contributed by atoms with Crippen molar-refractivity contribution < 1.29 is 19.1 Å². The van der Waals surface area contributed by atoms with E-state index in [1.807, 2.05) is 50.2 Å². The maximum Gasteiger partial charge on any atom is 0.251 e. The number of nitriles is 1. The van der Waals surface area contributed by atoms with Crippen LogP contribution in [0.15, 0.2) is 57.1 Å². The third kappa shape index (κ3) is 6.88. The Hall–Kier alpha value is -3.44. The second-order valence-corrected chi connectivity index (χ2v) is 12.7. The Morgan fingerprint density at radius 1 is 1.12 bits per heavy atom. The zero-order chi connectivity index (χ0) is 30.5. The summed E-state index contributed by atoms with van der Waals surface area (Å²) in [5.41, 5.74) is 4.52. The van der Waals surface area contributed by atoms with E-state index in [0.717, 1.165) is 61.1 Å². The number of ketones is 1.